The highest BCUT2D eigenvalue weighted by Crippen LogP contribution is 2.43. The predicted molar refractivity (Wildman–Crippen MR) is 63.4 cm³/mol. The fourth-order valence-electron chi connectivity index (χ4n) is 2.35. The van der Waals surface area contributed by atoms with Gasteiger partial charge in [0.2, 0.25) is 0 Å². The van der Waals surface area contributed by atoms with Gasteiger partial charge in [-0.25, -0.2) is 0 Å². The second kappa shape index (κ2) is 5.16. The van der Waals surface area contributed by atoms with Crippen LogP contribution in [0.2, 0.25) is 0 Å². The van der Waals surface area contributed by atoms with E-state index in [0.29, 0.717) is 0 Å². The second-order valence-electron chi connectivity index (χ2n) is 5.17. The Bertz CT molecular complexity index is 148. The van der Waals surface area contributed by atoms with Gasteiger partial charge in [-0.1, -0.05) is 41.5 Å². The molecule has 0 aliphatic rings. The van der Waals surface area contributed by atoms with Crippen molar-refractivity contribution >= 4 is 0 Å². The normalized spacial score (nSPS) is 15.6. The average Bonchev–Trinajstić information content (AvgIpc) is 2.21. The molecule has 0 aromatic rings. The zero-order valence-electron chi connectivity index (χ0n) is 10.9. The summed E-state index contributed by atoms with van der Waals surface area (Å²) in [5, 5.41) is 10.5. The highest BCUT2D eigenvalue weighted by molar-refractivity contribution is 4.91. The average molecular weight is 200 g/mol. The number of aliphatic hydroxyl groups excluding tert-OH is 1. The summed E-state index contributed by atoms with van der Waals surface area (Å²) in [5.41, 5.74) is 0.168. The molecule has 0 aromatic heterocycles. The molecule has 0 spiro atoms. The molecule has 0 amide bonds. The van der Waals surface area contributed by atoms with E-state index < -0.39 is 0 Å². The first-order valence-corrected chi connectivity index (χ1v) is 6.08. The number of rotatable bonds is 6. The summed E-state index contributed by atoms with van der Waals surface area (Å²) in [7, 11) is 0. The summed E-state index contributed by atoms with van der Waals surface area (Å²) < 4.78 is 0. The Hall–Kier alpha value is -0.0400. The highest BCUT2D eigenvalue weighted by atomic mass is 16.3. The van der Waals surface area contributed by atoms with Crippen LogP contribution in [0.3, 0.4) is 0 Å². The molecule has 86 valence electrons. The van der Waals surface area contributed by atoms with Crippen LogP contribution in [0.5, 0.6) is 0 Å². The van der Waals surface area contributed by atoms with Crippen LogP contribution in [0, 0.1) is 10.8 Å². The van der Waals surface area contributed by atoms with Crippen LogP contribution in [0.15, 0.2) is 0 Å². The zero-order chi connectivity index (χ0) is 11.4. The first-order chi connectivity index (χ1) is 6.40. The molecule has 0 saturated heterocycles. The third-order valence-corrected chi connectivity index (χ3v) is 4.34. The largest absolute Gasteiger partial charge is 0.392 e. The molecule has 0 aromatic carbocycles. The molecular formula is C13H28O. The van der Waals surface area contributed by atoms with Crippen molar-refractivity contribution in [1.29, 1.82) is 0 Å². The molecule has 0 fully saturated rings. The summed E-state index contributed by atoms with van der Waals surface area (Å²) in [4.78, 5) is 0. The maximum atomic E-state index is 10.5. The fraction of sp³-hybridized carbons (Fsp3) is 1.00. The van der Waals surface area contributed by atoms with Crippen LogP contribution in [0.25, 0.3) is 0 Å². The van der Waals surface area contributed by atoms with E-state index in [2.05, 4.69) is 41.5 Å². The summed E-state index contributed by atoms with van der Waals surface area (Å²) in [6, 6.07) is 0. The monoisotopic (exact) mass is 200 g/mol. The van der Waals surface area contributed by atoms with E-state index in [4.69, 9.17) is 0 Å². The lowest BCUT2D eigenvalue weighted by Crippen LogP contribution is -2.43. The second-order valence-corrected chi connectivity index (χ2v) is 5.17. The quantitative estimate of drug-likeness (QED) is 0.687. The van der Waals surface area contributed by atoms with Crippen molar-refractivity contribution in [3.05, 3.63) is 0 Å². The molecule has 1 nitrogen and oxygen atoms in total. The van der Waals surface area contributed by atoms with Gasteiger partial charge in [0.25, 0.3) is 0 Å². The Morgan fingerprint density at radius 2 is 1.21 bits per heavy atom. The molecule has 1 atom stereocenters. The van der Waals surface area contributed by atoms with E-state index in [0.717, 1.165) is 25.7 Å². The Morgan fingerprint density at radius 1 is 0.857 bits per heavy atom. The van der Waals surface area contributed by atoms with E-state index >= 15 is 0 Å². The van der Waals surface area contributed by atoms with Crippen molar-refractivity contribution in [1.82, 2.24) is 0 Å². The van der Waals surface area contributed by atoms with Crippen LogP contribution in [-0.2, 0) is 0 Å². The van der Waals surface area contributed by atoms with Gasteiger partial charge in [-0.3, -0.25) is 0 Å². The molecule has 0 bridgehead atoms. The van der Waals surface area contributed by atoms with Gasteiger partial charge in [-0.2, -0.15) is 0 Å². The molecule has 1 heteroatoms. The molecule has 0 rings (SSSR count). The maximum Gasteiger partial charge on any atom is 0.0646 e. The number of aliphatic hydroxyl groups is 1. The van der Waals surface area contributed by atoms with Gasteiger partial charge >= 0.3 is 0 Å². The van der Waals surface area contributed by atoms with Crippen LogP contribution < -0.4 is 0 Å². The Balaban J connectivity index is 4.84. The molecule has 0 aliphatic heterocycles. The van der Waals surface area contributed by atoms with Gasteiger partial charge in [-0.15, -0.1) is 0 Å². The van der Waals surface area contributed by atoms with Crippen molar-refractivity contribution in [2.24, 2.45) is 10.8 Å². The Labute approximate surface area is 89.9 Å². The molecule has 1 N–H and O–H groups in total. The van der Waals surface area contributed by atoms with E-state index in [1.165, 1.54) is 0 Å². The minimum absolute atomic E-state index is 0.0437. The summed E-state index contributed by atoms with van der Waals surface area (Å²) in [5.74, 6) is 0. The molecule has 0 aliphatic carbocycles. The molecular weight excluding hydrogens is 172 g/mol. The SMILES string of the molecule is CCC(C)(C)C(O)C(CC)(CC)CC. The van der Waals surface area contributed by atoms with E-state index in [9.17, 15) is 5.11 Å². The van der Waals surface area contributed by atoms with E-state index in [-0.39, 0.29) is 16.9 Å². The first-order valence-electron chi connectivity index (χ1n) is 6.08. The topological polar surface area (TPSA) is 20.2 Å². The van der Waals surface area contributed by atoms with Gasteiger partial charge in [0, 0.05) is 0 Å². The molecule has 14 heavy (non-hydrogen) atoms. The molecule has 0 saturated carbocycles. The Morgan fingerprint density at radius 3 is 1.43 bits per heavy atom. The summed E-state index contributed by atoms with van der Waals surface area (Å²) in [6.45, 7) is 13.1. The van der Waals surface area contributed by atoms with Gasteiger partial charge in [0.1, 0.15) is 0 Å². The highest BCUT2D eigenvalue weighted by Gasteiger charge is 2.41. The third-order valence-electron chi connectivity index (χ3n) is 4.34. The lowest BCUT2D eigenvalue weighted by Gasteiger charge is -2.44. The van der Waals surface area contributed by atoms with Crippen molar-refractivity contribution < 1.29 is 5.11 Å². The Kier molecular flexibility index (Phi) is 5.14. The first kappa shape index (κ1) is 14.0. The van der Waals surface area contributed by atoms with E-state index in [1.54, 1.807) is 0 Å². The zero-order valence-corrected chi connectivity index (χ0v) is 10.9. The molecule has 1 unspecified atom stereocenters. The van der Waals surface area contributed by atoms with E-state index in [1.807, 2.05) is 0 Å². The lowest BCUT2D eigenvalue weighted by molar-refractivity contribution is -0.0671. The maximum absolute atomic E-state index is 10.5. The molecule has 0 heterocycles. The van der Waals surface area contributed by atoms with Crippen molar-refractivity contribution in [3.63, 3.8) is 0 Å². The van der Waals surface area contributed by atoms with Crippen LogP contribution in [-0.4, -0.2) is 11.2 Å². The van der Waals surface area contributed by atoms with Crippen LogP contribution in [0.4, 0.5) is 0 Å². The van der Waals surface area contributed by atoms with Gasteiger partial charge in [0.15, 0.2) is 0 Å². The van der Waals surface area contributed by atoms with Crippen molar-refractivity contribution in [2.75, 3.05) is 0 Å². The standard InChI is InChI=1S/C13H28O/c1-7-12(5,6)11(14)13(8-2,9-3)10-4/h11,14H,7-10H2,1-6H3. The van der Waals surface area contributed by atoms with Crippen molar-refractivity contribution in [3.8, 4) is 0 Å². The molecule has 0 radical (unpaired) electrons. The predicted octanol–water partition coefficient (Wildman–Crippen LogP) is 4.00. The summed E-state index contributed by atoms with van der Waals surface area (Å²) in [6.07, 6.45) is 4.08. The third kappa shape index (κ3) is 2.50. The van der Waals surface area contributed by atoms with Crippen molar-refractivity contribution in [2.45, 2.75) is 73.3 Å². The minimum atomic E-state index is -0.181. The van der Waals surface area contributed by atoms with Crippen LogP contribution >= 0.6 is 0 Å². The summed E-state index contributed by atoms with van der Waals surface area (Å²) >= 11 is 0. The number of hydrogen-bond acceptors (Lipinski definition) is 1. The van der Waals surface area contributed by atoms with Gasteiger partial charge in [0.05, 0.1) is 6.10 Å². The minimum Gasteiger partial charge on any atom is -0.392 e. The fourth-order valence-corrected chi connectivity index (χ4v) is 2.35. The number of hydrogen-bond donors (Lipinski definition) is 1. The van der Waals surface area contributed by atoms with Crippen LogP contribution in [0.1, 0.15) is 67.2 Å². The smallest absolute Gasteiger partial charge is 0.0646 e. The van der Waals surface area contributed by atoms with Gasteiger partial charge < -0.3 is 5.11 Å². The van der Waals surface area contributed by atoms with Gasteiger partial charge in [-0.05, 0) is 36.5 Å². The lowest BCUT2D eigenvalue weighted by atomic mass is 9.65.